The van der Waals surface area contributed by atoms with E-state index in [0.717, 1.165) is 36.3 Å². The molecule has 1 aliphatic heterocycles. The Labute approximate surface area is 150 Å². The van der Waals surface area contributed by atoms with E-state index >= 15 is 0 Å². The number of rotatable bonds is 4. The maximum absolute atomic E-state index is 4.82. The third-order valence-electron chi connectivity index (χ3n) is 5.75. The predicted molar refractivity (Wildman–Crippen MR) is 100 cm³/mol. The first-order valence-corrected chi connectivity index (χ1v) is 9.60. The van der Waals surface area contributed by atoms with E-state index < -0.39 is 0 Å². The fourth-order valence-corrected chi connectivity index (χ4v) is 4.09. The molecule has 2 aromatic heterocycles. The first-order valence-electron chi connectivity index (χ1n) is 9.60. The van der Waals surface area contributed by atoms with Crippen LogP contribution in [-0.4, -0.2) is 57.4 Å². The van der Waals surface area contributed by atoms with Crippen molar-refractivity contribution in [3.63, 3.8) is 0 Å². The Hall–Kier alpha value is -1.69. The average molecular weight is 342 g/mol. The van der Waals surface area contributed by atoms with Crippen LogP contribution in [0.2, 0.25) is 0 Å². The molecule has 136 valence electrons. The van der Waals surface area contributed by atoms with Gasteiger partial charge in [0.1, 0.15) is 5.82 Å². The minimum absolute atomic E-state index is 0.0655. The van der Waals surface area contributed by atoms with Gasteiger partial charge in [-0.25, -0.2) is 0 Å². The molecule has 2 fully saturated rings. The Morgan fingerprint density at radius 2 is 1.84 bits per heavy atom. The lowest BCUT2D eigenvalue weighted by molar-refractivity contribution is 0.176. The second-order valence-electron chi connectivity index (χ2n) is 8.88. The fraction of sp³-hybridized carbons (Fsp3) is 0.737. The zero-order valence-corrected chi connectivity index (χ0v) is 15.9. The van der Waals surface area contributed by atoms with E-state index in [2.05, 4.69) is 53.9 Å². The Bertz CT molecular complexity index is 734. The van der Waals surface area contributed by atoms with Crippen molar-refractivity contribution >= 4 is 11.5 Å². The van der Waals surface area contributed by atoms with Crippen LogP contribution < -0.4 is 4.90 Å². The normalized spacial score (nSPS) is 20.0. The lowest BCUT2D eigenvalue weighted by atomic mass is 9.96. The van der Waals surface area contributed by atoms with Crippen molar-refractivity contribution in [1.82, 2.24) is 24.7 Å². The van der Waals surface area contributed by atoms with Gasteiger partial charge in [0.25, 0.3) is 0 Å². The van der Waals surface area contributed by atoms with Gasteiger partial charge >= 0.3 is 0 Å². The van der Waals surface area contributed by atoms with Crippen molar-refractivity contribution in [3.05, 3.63) is 18.0 Å². The number of fused-ring (bicyclic) bond motifs is 1. The van der Waals surface area contributed by atoms with Crippen molar-refractivity contribution < 1.29 is 0 Å². The molecule has 2 aliphatic rings. The molecule has 0 unspecified atom stereocenters. The van der Waals surface area contributed by atoms with Gasteiger partial charge in [-0.15, -0.1) is 15.3 Å². The number of hydrogen-bond donors (Lipinski definition) is 0. The van der Waals surface area contributed by atoms with Crippen molar-refractivity contribution in [1.29, 1.82) is 0 Å². The Kier molecular flexibility index (Phi) is 4.18. The molecule has 1 aliphatic carbocycles. The predicted octanol–water partition coefficient (Wildman–Crippen LogP) is 2.73. The quantitative estimate of drug-likeness (QED) is 0.855. The maximum Gasteiger partial charge on any atom is 0.178 e. The van der Waals surface area contributed by atoms with Crippen LogP contribution in [0.5, 0.6) is 0 Å². The highest BCUT2D eigenvalue weighted by Gasteiger charge is 2.33. The molecule has 6 nitrogen and oxygen atoms in total. The van der Waals surface area contributed by atoms with E-state index in [1.807, 2.05) is 10.6 Å². The molecule has 6 heteroatoms. The molecular formula is C19H30N6. The van der Waals surface area contributed by atoms with E-state index in [0.29, 0.717) is 6.04 Å². The van der Waals surface area contributed by atoms with Gasteiger partial charge in [0.2, 0.25) is 0 Å². The van der Waals surface area contributed by atoms with Gasteiger partial charge in [0.15, 0.2) is 11.5 Å². The van der Waals surface area contributed by atoms with Crippen molar-refractivity contribution in [2.75, 3.05) is 31.6 Å². The van der Waals surface area contributed by atoms with Crippen molar-refractivity contribution in [2.24, 2.45) is 5.92 Å². The third kappa shape index (κ3) is 3.24. The van der Waals surface area contributed by atoms with Crippen LogP contribution in [0, 0.1) is 5.92 Å². The first kappa shape index (κ1) is 16.8. The second-order valence-corrected chi connectivity index (χ2v) is 8.88. The minimum atomic E-state index is -0.0655. The summed E-state index contributed by atoms with van der Waals surface area (Å²) in [5.74, 6) is 2.86. The van der Waals surface area contributed by atoms with Crippen molar-refractivity contribution in [2.45, 2.75) is 57.9 Å². The van der Waals surface area contributed by atoms with Gasteiger partial charge in [-0.05, 0) is 37.9 Å². The van der Waals surface area contributed by atoms with Gasteiger partial charge in [-0.3, -0.25) is 4.90 Å². The lowest BCUT2D eigenvalue weighted by Gasteiger charge is -2.45. The molecule has 0 amide bonds. The highest BCUT2D eigenvalue weighted by molar-refractivity contribution is 5.48. The number of likely N-dealkylation sites (N-methyl/N-ethyl adjacent to an activating group) is 1. The molecule has 1 saturated heterocycles. The molecule has 0 atom stereocenters. The molecule has 4 rings (SSSR count). The van der Waals surface area contributed by atoms with Gasteiger partial charge < -0.3 is 4.90 Å². The van der Waals surface area contributed by atoms with Gasteiger partial charge in [0, 0.05) is 31.1 Å². The van der Waals surface area contributed by atoms with E-state index in [1.165, 1.54) is 32.2 Å². The number of nitrogens with zero attached hydrogens (tertiary/aromatic N) is 6. The topological polar surface area (TPSA) is 49.6 Å². The molecular weight excluding hydrogens is 312 g/mol. The van der Waals surface area contributed by atoms with Gasteiger partial charge in [-0.1, -0.05) is 33.6 Å². The smallest absolute Gasteiger partial charge is 0.178 e. The van der Waals surface area contributed by atoms with Gasteiger partial charge in [-0.2, -0.15) is 4.52 Å². The van der Waals surface area contributed by atoms with Crippen LogP contribution >= 0.6 is 0 Å². The Morgan fingerprint density at radius 1 is 1.12 bits per heavy atom. The Morgan fingerprint density at radius 3 is 2.52 bits per heavy atom. The first-order chi connectivity index (χ1) is 11.9. The number of aromatic nitrogens is 4. The second kappa shape index (κ2) is 6.24. The summed E-state index contributed by atoms with van der Waals surface area (Å²) in [5.41, 5.74) is 0.758. The molecule has 0 N–H and O–H groups in total. The Balaban J connectivity index is 1.43. The highest BCUT2D eigenvalue weighted by atomic mass is 15.4. The SMILES string of the molecule is CN(CC1CCCC1)C1CN(c2ccc3nnc(C(C)(C)C)n3n2)C1. The van der Waals surface area contributed by atoms with E-state index in [-0.39, 0.29) is 5.41 Å². The van der Waals surface area contributed by atoms with E-state index in [1.54, 1.807) is 0 Å². The summed E-state index contributed by atoms with van der Waals surface area (Å²) in [6.45, 7) is 9.83. The lowest BCUT2D eigenvalue weighted by Crippen LogP contribution is -2.59. The summed E-state index contributed by atoms with van der Waals surface area (Å²) in [7, 11) is 2.29. The van der Waals surface area contributed by atoms with Crippen molar-refractivity contribution in [3.8, 4) is 0 Å². The summed E-state index contributed by atoms with van der Waals surface area (Å²) in [4.78, 5) is 4.92. The molecule has 0 radical (unpaired) electrons. The number of anilines is 1. The molecule has 2 aromatic rings. The van der Waals surface area contributed by atoms with Crippen LogP contribution in [0.3, 0.4) is 0 Å². The van der Waals surface area contributed by atoms with Crippen LogP contribution in [0.25, 0.3) is 5.65 Å². The highest BCUT2D eigenvalue weighted by Crippen LogP contribution is 2.28. The van der Waals surface area contributed by atoms with Crippen LogP contribution in [0.4, 0.5) is 5.82 Å². The largest absolute Gasteiger partial charge is 0.352 e. The summed E-state index contributed by atoms with van der Waals surface area (Å²) < 4.78 is 1.91. The summed E-state index contributed by atoms with van der Waals surface area (Å²) in [6, 6.07) is 4.75. The summed E-state index contributed by atoms with van der Waals surface area (Å²) >= 11 is 0. The zero-order chi connectivity index (χ0) is 17.6. The fourth-order valence-electron chi connectivity index (χ4n) is 4.09. The average Bonchev–Trinajstić information content (AvgIpc) is 3.13. The van der Waals surface area contributed by atoms with E-state index in [9.17, 15) is 0 Å². The summed E-state index contributed by atoms with van der Waals surface area (Å²) in [6.07, 6.45) is 5.69. The van der Waals surface area contributed by atoms with E-state index in [4.69, 9.17) is 5.10 Å². The molecule has 1 saturated carbocycles. The summed E-state index contributed by atoms with van der Waals surface area (Å²) in [5, 5.41) is 13.4. The minimum Gasteiger partial charge on any atom is -0.352 e. The molecule has 0 spiro atoms. The molecule has 3 heterocycles. The maximum atomic E-state index is 4.82. The van der Waals surface area contributed by atoms with Gasteiger partial charge in [0.05, 0.1) is 0 Å². The standard InChI is InChI=1S/C19H30N6/c1-19(2,3)18-21-20-16-9-10-17(22-25(16)18)24-12-15(13-24)23(4)11-14-7-5-6-8-14/h9-10,14-15H,5-8,11-13H2,1-4H3. The monoisotopic (exact) mass is 342 g/mol. The van der Waals surface area contributed by atoms with Crippen LogP contribution in [0.1, 0.15) is 52.3 Å². The third-order valence-corrected chi connectivity index (χ3v) is 5.75. The molecule has 25 heavy (non-hydrogen) atoms. The molecule has 0 aromatic carbocycles. The zero-order valence-electron chi connectivity index (χ0n) is 15.9. The van der Waals surface area contributed by atoms with Crippen LogP contribution in [-0.2, 0) is 5.41 Å². The number of hydrogen-bond acceptors (Lipinski definition) is 5. The molecule has 0 bridgehead atoms. The van der Waals surface area contributed by atoms with Crippen LogP contribution in [0.15, 0.2) is 12.1 Å².